The summed E-state index contributed by atoms with van der Waals surface area (Å²) in [5, 5.41) is 21.6. The number of hydrogen-bond donors (Lipinski definition) is 3. The minimum atomic E-state index is -4.61. The zero-order valence-corrected chi connectivity index (χ0v) is 10.7. The Balaban J connectivity index is 2.92. The molecule has 6 nitrogen and oxygen atoms in total. The molecule has 1 aromatic carbocycles. The number of urea groups is 1. The van der Waals surface area contributed by atoms with Gasteiger partial charge in [0.05, 0.1) is 16.8 Å². The number of carbonyl (C=O) groups is 2. The number of alkyl halides is 3. The molecule has 0 aromatic heterocycles. The van der Waals surface area contributed by atoms with E-state index in [2.05, 4.69) is 5.32 Å². The van der Waals surface area contributed by atoms with Crippen molar-refractivity contribution in [2.24, 2.45) is 0 Å². The second kappa shape index (κ2) is 6.13. The SMILES string of the molecule is C[C@H](NC(=O)Nc1ccc(C(F)(F)F)cc1C#N)C(=O)O. The van der Waals surface area contributed by atoms with Gasteiger partial charge in [-0.05, 0) is 25.1 Å². The van der Waals surface area contributed by atoms with Crippen molar-refractivity contribution in [3.05, 3.63) is 29.3 Å². The van der Waals surface area contributed by atoms with E-state index in [1.54, 1.807) is 0 Å². The van der Waals surface area contributed by atoms with Crippen molar-refractivity contribution in [2.75, 3.05) is 5.32 Å². The van der Waals surface area contributed by atoms with Gasteiger partial charge in [-0.25, -0.2) is 4.79 Å². The van der Waals surface area contributed by atoms with Crippen LogP contribution in [0.25, 0.3) is 0 Å². The van der Waals surface area contributed by atoms with Gasteiger partial charge in [0, 0.05) is 0 Å². The fourth-order valence-corrected chi connectivity index (χ4v) is 1.34. The molecule has 0 unspecified atom stereocenters. The molecule has 0 aliphatic heterocycles. The monoisotopic (exact) mass is 301 g/mol. The zero-order chi connectivity index (χ0) is 16.2. The number of carboxylic acid groups (broad SMARTS) is 1. The molecular weight excluding hydrogens is 291 g/mol. The quantitative estimate of drug-likeness (QED) is 0.796. The third-order valence-corrected chi connectivity index (χ3v) is 2.43. The van der Waals surface area contributed by atoms with Crippen LogP contribution in [0.2, 0.25) is 0 Å². The molecule has 2 amide bonds. The summed E-state index contributed by atoms with van der Waals surface area (Å²) in [6, 6.07) is 1.62. The molecule has 3 N–H and O–H groups in total. The first-order valence-corrected chi connectivity index (χ1v) is 5.57. The summed E-state index contributed by atoms with van der Waals surface area (Å²) in [7, 11) is 0. The van der Waals surface area contributed by atoms with Crippen molar-refractivity contribution in [3.8, 4) is 6.07 Å². The maximum atomic E-state index is 12.5. The number of nitriles is 1. The fraction of sp³-hybridized carbons (Fsp3) is 0.250. The Hall–Kier alpha value is -2.76. The Bertz CT molecular complexity index is 608. The number of benzene rings is 1. The molecule has 0 saturated heterocycles. The van der Waals surface area contributed by atoms with Gasteiger partial charge in [-0.1, -0.05) is 0 Å². The first-order valence-electron chi connectivity index (χ1n) is 5.57. The van der Waals surface area contributed by atoms with E-state index in [0.29, 0.717) is 12.1 Å². The molecule has 0 fully saturated rings. The van der Waals surface area contributed by atoms with Gasteiger partial charge in [0.2, 0.25) is 0 Å². The minimum absolute atomic E-state index is 0.152. The maximum absolute atomic E-state index is 12.5. The Morgan fingerprint density at radius 2 is 2.00 bits per heavy atom. The number of amides is 2. The molecule has 21 heavy (non-hydrogen) atoms. The lowest BCUT2D eigenvalue weighted by molar-refractivity contribution is -0.139. The van der Waals surface area contributed by atoms with Gasteiger partial charge in [0.1, 0.15) is 12.1 Å². The Kier molecular flexibility index (Phi) is 4.75. The van der Waals surface area contributed by atoms with E-state index < -0.39 is 29.8 Å². The molecule has 0 aliphatic rings. The number of carboxylic acids is 1. The maximum Gasteiger partial charge on any atom is 0.416 e. The largest absolute Gasteiger partial charge is 0.480 e. The van der Waals surface area contributed by atoms with Crippen LogP contribution in [-0.4, -0.2) is 23.1 Å². The number of halogens is 3. The molecule has 1 aromatic rings. The molecular formula is C12H10F3N3O3. The van der Waals surface area contributed by atoms with Crippen molar-refractivity contribution < 1.29 is 27.9 Å². The summed E-state index contributed by atoms with van der Waals surface area (Å²) in [6.45, 7) is 1.21. The molecule has 112 valence electrons. The molecule has 0 bridgehead atoms. The van der Waals surface area contributed by atoms with Crippen LogP contribution in [0.5, 0.6) is 0 Å². The lowest BCUT2D eigenvalue weighted by atomic mass is 10.1. The molecule has 0 heterocycles. The standard InChI is InChI=1S/C12H10F3N3O3/c1-6(10(19)20)17-11(21)18-9-3-2-8(12(13,14)15)4-7(9)5-16/h2-4,6H,1H3,(H,19,20)(H2,17,18,21)/t6-/m0/s1. The molecule has 9 heteroatoms. The van der Waals surface area contributed by atoms with Gasteiger partial charge >= 0.3 is 18.2 Å². The van der Waals surface area contributed by atoms with Crippen molar-refractivity contribution in [1.29, 1.82) is 5.26 Å². The second-order valence-corrected chi connectivity index (χ2v) is 4.03. The number of anilines is 1. The molecule has 0 saturated carbocycles. The molecule has 1 atom stereocenters. The van der Waals surface area contributed by atoms with Gasteiger partial charge in [-0.2, -0.15) is 18.4 Å². The van der Waals surface area contributed by atoms with Gasteiger partial charge in [-0.15, -0.1) is 0 Å². The average molecular weight is 301 g/mol. The predicted octanol–water partition coefficient (Wildman–Crippen LogP) is 2.17. The molecule has 0 aliphatic carbocycles. The van der Waals surface area contributed by atoms with Gasteiger partial charge in [-0.3, -0.25) is 4.79 Å². The number of aliphatic carboxylic acids is 1. The van der Waals surface area contributed by atoms with Crippen LogP contribution in [0, 0.1) is 11.3 Å². The fourth-order valence-electron chi connectivity index (χ4n) is 1.34. The van der Waals surface area contributed by atoms with Crippen molar-refractivity contribution in [1.82, 2.24) is 5.32 Å². The van der Waals surface area contributed by atoms with E-state index >= 15 is 0 Å². The normalized spacial score (nSPS) is 12.1. The number of carbonyl (C=O) groups excluding carboxylic acids is 1. The van der Waals surface area contributed by atoms with Crippen LogP contribution in [-0.2, 0) is 11.0 Å². The van der Waals surface area contributed by atoms with E-state index in [9.17, 15) is 22.8 Å². The van der Waals surface area contributed by atoms with E-state index in [-0.39, 0.29) is 11.3 Å². The van der Waals surface area contributed by atoms with Crippen LogP contribution >= 0.6 is 0 Å². The number of hydrogen-bond acceptors (Lipinski definition) is 3. The van der Waals surface area contributed by atoms with Crippen LogP contribution in [0.15, 0.2) is 18.2 Å². The third kappa shape index (κ3) is 4.38. The van der Waals surface area contributed by atoms with Crippen LogP contribution in [0.3, 0.4) is 0 Å². The van der Waals surface area contributed by atoms with Gasteiger partial charge < -0.3 is 15.7 Å². The highest BCUT2D eigenvalue weighted by atomic mass is 19.4. The summed E-state index contributed by atoms with van der Waals surface area (Å²) >= 11 is 0. The summed E-state index contributed by atoms with van der Waals surface area (Å²) in [6.07, 6.45) is -4.61. The molecule has 0 spiro atoms. The Labute approximate surface area is 117 Å². The van der Waals surface area contributed by atoms with E-state index in [4.69, 9.17) is 10.4 Å². The zero-order valence-electron chi connectivity index (χ0n) is 10.7. The van der Waals surface area contributed by atoms with E-state index in [1.165, 1.54) is 13.0 Å². The first kappa shape index (κ1) is 16.3. The van der Waals surface area contributed by atoms with Gasteiger partial charge in [0.15, 0.2) is 0 Å². The van der Waals surface area contributed by atoms with Crippen LogP contribution < -0.4 is 10.6 Å². The summed E-state index contributed by atoms with van der Waals surface area (Å²) in [5.74, 6) is -1.28. The summed E-state index contributed by atoms with van der Waals surface area (Å²) < 4.78 is 37.5. The summed E-state index contributed by atoms with van der Waals surface area (Å²) in [4.78, 5) is 22.0. The average Bonchev–Trinajstić information content (AvgIpc) is 2.37. The number of rotatable bonds is 3. The Morgan fingerprint density at radius 3 is 2.48 bits per heavy atom. The van der Waals surface area contributed by atoms with Crippen molar-refractivity contribution in [3.63, 3.8) is 0 Å². The predicted molar refractivity (Wildman–Crippen MR) is 65.4 cm³/mol. The highest BCUT2D eigenvalue weighted by Crippen LogP contribution is 2.31. The third-order valence-electron chi connectivity index (χ3n) is 2.43. The Morgan fingerprint density at radius 1 is 1.38 bits per heavy atom. The number of nitrogens with one attached hydrogen (secondary N) is 2. The second-order valence-electron chi connectivity index (χ2n) is 4.03. The highest BCUT2D eigenvalue weighted by molar-refractivity contribution is 5.93. The van der Waals surface area contributed by atoms with E-state index in [1.807, 2.05) is 5.32 Å². The molecule has 0 radical (unpaired) electrons. The van der Waals surface area contributed by atoms with Crippen molar-refractivity contribution >= 4 is 17.7 Å². The topological polar surface area (TPSA) is 102 Å². The summed E-state index contributed by atoms with van der Waals surface area (Å²) in [5.41, 5.74) is -1.56. The molecule has 1 rings (SSSR count). The minimum Gasteiger partial charge on any atom is -0.480 e. The lowest BCUT2D eigenvalue weighted by Gasteiger charge is -2.13. The highest BCUT2D eigenvalue weighted by Gasteiger charge is 2.31. The smallest absolute Gasteiger partial charge is 0.416 e. The lowest BCUT2D eigenvalue weighted by Crippen LogP contribution is -2.41. The van der Waals surface area contributed by atoms with Gasteiger partial charge in [0.25, 0.3) is 0 Å². The van der Waals surface area contributed by atoms with Crippen LogP contribution in [0.1, 0.15) is 18.1 Å². The number of nitrogens with zero attached hydrogens (tertiary/aromatic N) is 1. The first-order chi connectivity index (χ1) is 9.65. The van der Waals surface area contributed by atoms with E-state index in [0.717, 1.165) is 6.07 Å². The van der Waals surface area contributed by atoms with Crippen LogP contribution in [0.4, 0.5) is 23.7 Å². The van der Waals surface area contributed by atoms with Crippen molar-refractivity contribution in [2.45, 2.75) is 19.1 Å².